The molecule has 1 saturated carbocycles. The third-order valence-electron chi connectivity index (χ3n) is 10.9. The fourth-order valence-electron chi connectivity index (χ4n) is 7.72. The van der Waals surface area contributed by atoms with E-state index in [2.05, 4.69) is 6.92 Å². The Morgan fingerprint density at radius 2 is 1.63 bits per heavy atom. The molecule has 3 aliphatic carbocycles. The highest BCUT2D eigenvalue weighted by Crippen LogP contribution is 2.63. The minimum Gasteiger partial charge on any atom is -0.455 e. The Labute approximate surface area is 257 Å². The van der Waals surface area contributed by atoms with Gasteiger partial charge in [-0.15, -0.1) is 0 Å². The minimum atomic E-state index is -1.97. The number of aliphatic hydroxyl groups is 3. The van der Waals surface area contributed by atoms with Crippen LogP contribution in [0.2, 0.25) is 0 Å². The number of fused-ring (bicyclic) bond motifs is 3. The monoisotopic (exact) mass is 602 g/mol. The Hall–Kier alpha value is -2.29. The van der Waals surface area contributed by atoms with E-state index in [1.54, 1.807) is 52.8 Å². The second-order valence-electron chi connectivity index (χ2n) is 13.9. The van der Waals surface area contributed by atoms with Crippen molar-refractivity contribution >= 4 is 17.7 Å². The largest absolute Gasteiger partial charge is 0.455 e. The average Bonchev–Trinajstić information content (AvgIpc) is 3.12. The zero-order chi connectivity index (χ0) is 32.4. The summed E-state index contributed by atoms with van der Waals surface area (Å²) in [6.07, 6.45) is 11.3. The van der Waals surface area contributed by atoms with Gasteiger partial charge < -0.3 is 24.8 Å². The van der Waals surface area contributed by atoms with E-state index in [9.17, 15) is 29.7 Å². The molecule has 0 unspecified atom stereocenters. The molecule has 3 aliphatic rings. The summed E-state index contributed by atoms with van der Waals surface area (Å²) in [6.45, 7) is 13.9. The van der Waals surface area contributed by atoms with Crippen LogP contribution in [0.15, 0.2) is 34.9 Å². The lowest BCUT2D eigenvalue weighted by Gasteiger charge is -2.63. The molecule has 0 radical (unpaired) electrons. The van der Waals surface area contributed by atoms with Gasteiger partial charge in [0.25, 0.3) is 0 Å². The molecular formula is C35H54O8. The molecule has 8 nitrogen and oxygen atoms in total. The Balaban J connectivity index is 2.07. The Morgan fingerprint density at radius 3 is 2.21 bits per heavy atom. The fraction of sp³-hybridized carbons (Fsp3) is 0.743. The number of rotatable bonds is 12. The first-order valence-corrected chi connectivity index (χ1v) is 16.1. The molecule has 0 heterocycles. The van der Waals surface area contributed by atoms with E-state index in [1.165, 1.54) is 19.3 Å². The SMILES string of the molecule is C/C=C(\C)C(=O)O[C@@H]1[C@@H](C)[C@@]2(O)[C@@H](C=C(CO)C[C@]3(O)C(=O)C(C)=C[C@@H]23)C(C)(C)[C@]1(C)OC(=O)CCCCCCCCC. The van der Waals surface area contributed by atoms with Crippen molar-refractivity contribution in [2.45, 2.75) is 136 Å². The summed E-state index contributed by atoms with van der Waals surface area (Å²) >= 11 is 0. The molecule has 43 heavy (non-hydrogen) atoms. The number of aliphatic hydroxyl groups excluding tert-OH is 1. The normalized spacial score (nSPS) is 35.3. The van der Waals surface area contributed by atoms with Gasteiger partial charge in [0.05, 0.1) is 12.2 Å². The summed E-state index contributed by atoms with van der Waals surface area (Å²) < 4.78 is 12.5. The van der Waals surface area contributed by atoms with Gasteiger partial charge in [-0.3, -0.25) is 9.59 Å². The molecule has 0 bridgehead atoms. The zero-order valence-electron chi connectivity index (χ0n) is 27.5. The van der Waals surface area contributed by atoms with Crippen molar-refractivity contribution in [1.82, 2.24) is 0 Å². The summed E-state index contributed by atoms with van der Waals surface area (Å²) in [4.78, 5) is 40.0. The second kappa shape index (κ2) is 13.4. The van der Waals surface area contributed by atoms with Gasteiger partial charge in [0.2, 0.25) is 0 Å². The highest BCUT2D eigenvalue weighted by Gasteiger charge is 2.74. The Kier molecular flexibility index (Phi) is 10.9. The van der Waals surface area contributed by atoms with Crippen LogP contribution in [0.3, 0.4) is 0 Å². The van der Waals surface area contributed by atoms with Crippen LogP contribution in [0.5, 0.6) is 0 Å². The molecule has 0 aromatic rings. The van der Waals surface area contributed by atoms with Crippen LogP contribution in [-0.2, 0) is 23.9 Å². The lowest BCUT2D eigenvalue weighted by molar-refractivity contribution is -0.289. The summed E-state index contributed by atoms with van der Waals surface area (Å²) in [6, 6.07) is 0. The van der Waals surface area contributed by atoms with Crippen molar-refractivity contribution in [1.29, 1.82) is 0 Å². The van der Waals surface area contributed by atoms with Crippen LogP contribution >= 0.6 is 0 Å². The predicted molar refractivity (Wildman–Crippen MR) is 165 cm³/mol. The van der Waals surface area contributed by atoms with Gasteiger partial charge in [-0.1, -0.05) is 84.4 Å². The minimum absolute atomic E-state index is 0.140. The molecule has 0 aromatic carbocycles. The number of hydrogen-bond donors (Lipinski definition) is 3. The molecule has 0 spiro atoms. The standard InChI is InChI=1S/C35H54O8/c1-9-11-12-13-14-15-16-17-28(37)43-33(8)30(42-31(39)22(3)10-2)24(5)35(41)26(32(33,6)7)19-25(21-36)20-34(40)27(35)18-23(4)29(34)38/h10,18-19,24,26-27,30,36,40-41H,9,11-17,20-21H2,1-8H3/b22-10+/t24-,26+,27-,30-,33-,34-,35-/m1/s1. The number of allylic oxidation sites excluding steroid dienone is 1. The fourth-order valence-corrected chi connectivity index (χ4v) is 7.72. The van der Waals surface area contributed by atoms with E-state index in [0.717, 1.165) is 19.3 Å². The smallest absolute Gasteiger partial charge is 0.333 e. The van der Waals surface area contributed by atoms with Crippen molar-refractivity contribution in [3.8, 4) is 0 Å². The number of ether oxygens (including phenoxy) is 2. The van der Waals surface area contributed by atoms with E-state index >= 15 is 0 Å². The van der Waals surface area contributed by atoms with E-state index in [0.29, 0.717) is 23.1 Å². The summed E-state index contributed by atoms with van der Waals surface area (Å²) in [5, 5.41) is 35.0. The van der Waals surface area contributed by atoms with Crippen LogP contribution < -0.4 is 0 Å². The van der Waals surface area contributed by atoms with Crippen molar-refractivity contribution in [3.05, 3.63) is 34.9 Å². The van der Waals surface area contributed by atoms with Crippen molar-refractivity contribution in [2.24, 2.45) is 23.2 Å². The first-order valence-electron chi connectivity index (χ1n) is 16.1. The van der Waals surface area contributed by atoms with Crippen LogP contribution in [0, 0.1) is 23.2 Å². The molecule has 3 N–H and O–H groups in total. The zero-order valence-corrected chi connectivity index (χ0v) is 27.5. The Morgan fingerprint density at radius 1 is 1.02 bits per heavy atom. The van der Waals surface area contributed by atoms with E-state index in [4.69, 9.17) is 9.47 Å². The van der Waals surface area contributed by atoms with Crippen molar-refractivity contribution in [2.75, 3.05) is 6.61 Å². The van der Waals surface area contributed by atoms with Gasteiger partial charge in [-0.25, -0.2) is 4.79 Å². The Bertz CT molecular complexity index is 1160. The van der Waals surface area contributed by atoms with Gasteiger partial charge in [0.1, 0.15) is 11.7 Å². The van der Waals surface area contributed by atoms with Crippen LogP contribution in [0.25, 0.3) is 0 Å². The molecule has 1 fully saturated rings. The second-order valence-corrected chi connectivity index (χ2v) is 13.9. The maximum atomic E-state index is 13.4. The van der Waals surface area contributed by atoms with Crippen molar-refractivity contribution < 1.29 is 39.2 Å². The molecule has 0 saturated heterocycles. The van der Waals surface area contributed by atoms with Gasteiger partial charge in [-0.05, 0) is 45.3 Å². The molecule has 7 atom stereocenters. The predicted octanol–water partition coefficient (Wildman–Crippen LogP) is 5.53. The average molecular weight is 603 g/mol. The van der Waals surface area contributed by atoms with Gasteiger partial charge >= 0.3 is 11.9 Å². The number of carbonyl (C=O) groups is 3. The topological polar surface area (TPSA) is 130 Å². The maximum absolute atomic E-state index is 13.4. The number of ketones is 1. The lowest BCUT2D eigenvalue weighted by Crippen LogP contribution is -2.75. The number of esters is 2. The molecule has 0 amide bonds. The molecule has 0 aliphatic heterocycles. The van der Waals surface area contributed by atoms with Crippen LogP contribution in [-0.4, -0.2) is 62.6 Å². The van der Waals surface area contributed by atoms with E-state index in [1.807, 2.05) is 13.8 Å². The molecule has 242 valence electrons. The van der Waals surface area contributed by atoms with Gasteiger partial charge in [0, 0.05) is 41.6 Å². The summed E-state index contributed by atoms with van der Waals surface area (Å²) in [7, 11) is 0. The van der Waals surface area contributed by atoms with E-state index < -0.39 is 70.4 Å². The van der Waals surface area contributed by atoms with Crippen molar-refractivity contribution in [3.63, 3.8) is 0 Å². The number of carbonyl (C=O) groups excluding carboxylic acids is 3. The van der Waals surface area contributed by atoms with Crippen LogP contribution in [0.1, 0.15) is 113 Å². The molecular weight excluding hydrogens is 548 g/mol. The lowest BCUT2D eigenvalue weighted by atomic mass is 9.47. The third kappa shape index (κ3) is 6.16. The van der Waals surface area contributed by atoms with E-state index in [-0.39, 0.29) is 12.8 Å². The third-order valence-corrected chi connectivity index (χ3v) is 10.9. The maximum Gasteiger partial charge on any atom is 0.333 e. The quantitative estimate of drug-likeness (QED) is 0.115. The first kappa shape index (κ1) is 35.2. The number of unbranched alkanes of at least 4 members (excludes halogenated alkanes) is 6. The number of Topliss-reactive ketones (excluding diaryl/α,β-unsaturated/α-hetero) is 1. The summed E-state index contributed by atoms with van der Waals surface area (Å²) in [5.41, 5.74) is -5.12. The highest BCUT2D eigenvalue weighted by atomic mass is 16.6. The highest BCUT2D eigenvalue weighted by molar-refractivity contribution is 6.04. The molecule has 0 aromatic heterocycles. The molecule has 3 rings (SSSR count). The summed E-state index contributed by atoms with van der Waals surface area (Å²) in [5.74, 6) is -4.20. The molecule has 8 heteroatoms. The number of hydrogen-bond acceptors (Lipinski definition) is 8. The van der Waals surface area contributed by atoms with Gasteiger partial charge in [-0.2, -0.15) is 0 Å². The van der Waals surface area contributed by atoms with Crippen LogP contribution in [0.4, 0.5) is 0 Å². The van der Waals surface area contributed by atoms with Gasteiger partial charge in [0.15, 0.2) is 11.4 Å². The first-order chi connectivity index (χ1) is 20.1.